The Balaban J connectivity index is 1.94. The number of nitrogens with zero attached hydrogens (tertiary/aromatic N) is 2. The van der Waals surface area contributed by atoms with E-state index in [1.165, 1.54) is 0 Å². The van der Waals surface area contributed by atoms with Crippen molar-refractivity contribution in [3.8, 4) is 0 Å². The number of rotatable bonds is 1. The molecule has 2 heterocycles. The van der Waals surface area contributed by atoms with E-state index >= 15 is 0 Å². The number of ether oxygens (including phenoxy) is 1. The molecular formula is C13H21N3O3. The largest absolute Gasteiger partial charge is 0.444 e. The Morgan fingerprint density at radius 3 is 2.58 bits per heavy atom. The van der Waals surface area contributed by atoms with E-state index < -0.39 is 11.2 Å². The lowest BCUT2D eigenvalue weighted by molar-refractivity contribution is -0.0379. The van der Waals surface area contributed by atoms with Crippen LogP contribution in [0.5, 0.6) is 0 Å². The van der Waals surface area contributed by atoms with Gasteiger partial charge in [0.2, 0.25) is 0 Å². The van der Waals surface area contributed by atoms with Crippen LogP contribution in [0.2, 0.25) is 0 Å². The molecule has 0 radical (unpaired) electrons. The first kappa shape index (κ1) is 13.9. The lowest BCUT2D eigenvalue weighted by Gasteiger charge is -2.37. The third-order valence-corrected chi connectivity index (χ3v) is 3.22. The molecule has 1 aliphatic heterocycles. The van der Waals surface area contributed by atoms with Gasteiger partial charge < -0.3 is 19.7 Å². The minimum Gasteiger partial charge on any atom is -0.444 e. The molecular weight excluding hydrogens is 246 g/mol. The van der Waals surface area contributed by atoms with Gasteiger partial charge in [0.15, 0.2) is 0 Å². The molecule has 0 spiro atoms. The van der Waals surface area contributed by atoms with Gasteiger partial charge in [0.05, 0.1) is 12.0 Å². The molecule has 0 bridgehead atoms. The van der Waals surface area contributed by atoms with Gasteiger partial charge in [-0.1, -0.05) is 0 Å². The average Bonchev–Trinajstić information content (AvgIpc) is 2.81. The molecule has 19 heavy (non-hydrogen) atoms. The standard InChI is InChI=1S/C13H21N3O3/c1-12(2,3)19-11(17)16-6-4-13(18,5-7-16)10-8-14-9-15-10/h8-9,18H,4-7H2,1-3H3,(H,14,15). The molecule has 2 rings (SSSR count). The maximum atomic E-state index is 11.9. The number of aliphatic hydroxyl groups is 1. The number of amides is 1. The van der Waals surface area contributed by atoms with Gasteiger partial charge in [-0.25, -0.2) is 9.78 Å². The summed E-state index contributed by atoms with van der Waals surface area (Å²) in [6.45, 7) is 6.47. The Kier molecular flexibility index (Phi) is 3.54. The second-order valence-electron chi connectivity index (χ2n) is 5.95. The highest BCUT2D eigenvalue weighted by molar-refractivity contribution is 5.68. The van der Waals surface area contributed by atoms with Crippen molar-refractivity contribution in [2.45, 2.75) is 44.8 Å². The van der Waals surface area contributed by atoms with Crippen molar-refractivity contribution in [3.05, 3.63) is 18.2 Å². The molecule has 6 nitrogen and oxygen atoms in total. The molecule has 2 N–H and O–H groups in total. The van der Waals surface area contributed by atoms with Gasteiger partial charge in [-0.2, -0.15) is 0 Å². The third kappa shape index (κ3) is 3.26. The SMILES string of the molecule is CC(C)(C)OC(=O)N1CCC(O)(c2c[nH]cn2)CC1. The van der Waals surface area contributed by atoms with Crippen molar-refractivity contribution in [2.75, 3.05) is 13.1 Å². The van der Waals surface area contributed by atoms with E-state index in [-0.39, 0.29) is 6.09 Å². The molecule has 0 unspecified atom stereocenters. The summed E-state index contributed by atoms with van der Waals surface area (Å²) < 4.78 is 5.32. The Morgan fingerprint density at radius 1 is 1.47 bits per heavy atom. The molecule has 1 aromatic heterocycles. The molecule has 1 saturated heterocycles. The molecule has 1 aromatic rings. The summed E-state index contributed by atoms with van der Waals surface area (Å²) in [5.41, 5.74) is -0.803. The molecule has 0 saturated carbocycles. The highest BCUT2D eigenvalue weighted by Crippen LogP contribution is 2.31. The second-order valence-corrected chi connectivity index (χ2v) is 5.95. The smallest absolute Gasteiger partial charge is 0.410 e. The first-order chi connectivity index (χ1) is 8.80. The maximum absolute atomic E-state index is 11.9. The number of H-pyrrole nitrogens is 1. The summed E-state index contributed by atoms with van der Waals surface area (Å²) >= 11 is 0. The van der Waals surface area contributed by atoms with Crippen LogP contribution in [0.25, 0.3) is 0 Å². The van der Waals surface area contributed by atoms with Crippen LogP contribution >= 0.6 is 0 Å². The van der Waals surface area contributed by atoms with Gasteiger partial charge >= 0.3 is 6.09 Å². The van der Waals surface area contributed by atoms with Crippen LogP contribution in [0.15, 0.2) is 12.5 Å². The van der Waals surface area contributed by atoms with Crippen LogP contribution in [0.4, 0.5) is 4.79 Å². The summed E-state index contributed by atoms with van der Waals surface area (Å²) in [7, 11) is 0. The van der Waals surface area contributed by atoms with Crippen molar-refractivity contribution < 1.29 is 14.6 Å². The highest BCUT2D eigenvalue weighted by Gasteiger charge is 2.37. The molecule has 0 aromatic carbocycles. The van der Waals surface area contributed by atoms with Crippen molar-refractivity contribution in [3.63, 3.8) is 0 Å². The number of aromatic amines is 1. The van der Waals surface area contributed by atoms with Gasteiger partial charge in [0.25, 0.3) is 0 Å². The van der Waals surface area contributed by atoms with E-state index in [2.05, 4.69) is 9.97 Å². The summed E-state index contributed by atoms with van der Waals surface area (Å²) in [6, 6.07) is 0. The molecule has 1 fully saturated rings. The van der Waals surface area contributed by atoms with Crippen molar-refractivity contribution in [1.82, 2.24) is 14.9 Å². The third-order valence-electron chi connectivity index (χ3n) is 3.22. The fourth-order valence-electron chi connectivity index (χ4n) is 2.16. The van der Waals surface area contributed by atoms with Gasteiger partial charge in [-0.15, -0.1) is 0 Å². The lowest BCUT2D eigenvalue weighted by Crippen LogP contribution is -2.46. The zero-order valence-electron chi connectivity index (χ0n) is 11.6. The minimum atomic E-state index is -0.946. The quantitative estimate of drug-likeness (QED) is 0.810. The number of carbonyl (C=O) groups excluding carboxylic acids is 1. The fourth-order valence-corrected chi connectivity index (χ4v) is 2.16. The van der Waals surface area contributed by atoms with E-state index in [0.717, 1.165) is 0 Å². The van der Waals surface area contributed by atoms with Crippen LogP contribution in [0.1, 0.15) is 39.3 Å². The normalized spacial score (nSPS) is 19.3. The average molecular weight is 267 g/mol. The van der Waals surface area contributed by atoms with Crippen LogP contribution in [0, 0.1) is 0 Å². The first-order valence-corrected chi connectivity index (χ1v) is 6.50. The van der Waals surface area contributed by atoms with Gasteiger partial charge in [-0.3, -0.25) is 0 Å². The summed E-state index contributed by atoms with van der Waals surface area (Å²) in [4.78, 5) is 20.5. The number of nitrogens with one attached hydrogen (secondary N) is 1. The number of piperidine rings is 1. The maximum Gasteiger partial charge on any atom is 0.410 e. The van der Waals surface area contributed by atoms with E-state index in [9.17, 15) is 9.90 Å². The lowest BCUT2D eigenvalue weighted by atomic mass is 9.89. The highest BCUT2D eigenvalue weighted by atomic mass is 16.6. The molecule has 0 atom stereocenters. The molecule has 0 aliphatic carbocycles. The number of hydrogen-bond donors (Lipinski definition) is 2. The zero-order valence-corrected chi connectivity index (χ0v) is 11.6. The monoisotopic (exact) mass is 267 g/mol. The molecule has 6 heteroatoms. The van der Waals surface area contributed by atoms with Crippen LogP contribution in [0.3, 0.4) is 0 Å². The predicted octanol–water partition coefficient (Wildman–Crippen LogP) is 1.63. The fraction of sp³-hybridized carbons (Fsp3) is 0.692. The van der Waals surface area contributed by atoms with Crippen molar-refractivity contribution in [2.24, 2.45) is 0 Å². The summed E-state index contributed by atoms with van der Waals surface area (Å²) in [5.74, 6) is 0. The Morgan fingerprint density at radius 2 is 2.11 bits per heavy atom. The van der Waals surface area contributed by atoms with E-state index in [4.69, 9.17) is 4.74 Å². The van der Waals surface area contributed by atoms with Crippen molar-refractivity contribution in [1.29, 1.82) is 0 Å². The van der Waals surface area contributed by atoms with Gasteiger partial charge in [0.1, 0.15) is 11.2 Å². The number of likely N-dealkylation sites (tertiary alicyclic amines) is 1. The van der Waals surface area contributed by atoms with E-state index in [1.54, 1.807) is 17.4 Å². The summed E-state index contributed by atoms with van der Waals surface area (Å²) in [5, 5.41) is 10.5. The van der Waals surface area contributed by atoms with E-state index in [1.807, 2.05) is 20.8 Å². The number of aromatic nitrogens is 2. The Hall–Kier alpha value is -1.56. The Bertz CT molecular complexity index is 428. The number of hydrogen-bond acceptors (Lipinski definition) is 4. The molecule has 1 aliphatic rings. The first-order valence-electron chi connectivity index (χ1n) is 6.50. The topological polar surface area (TPSA) is 78.5 Å². The molecule has 1 amide bonds. The summed E-state index contributed by atoms with van der Waals surface area (Å²) in [6.07, 6.45) is 3.86. The zero-order chi connectivity index (χ0) is 14.1. The van der Waals surface area contributed by atoms with Crippen molar-refractivity contribution >= 4 is 6.09 Å². The molecule has 106 valence electrons. The Labute approximate surface area is 112 Å². The van der Waals surface area contributed by atoms with Gasteiger partial charge in [-0.05, 0) is 33.6 Å². The predicted molar refractivity (Wildman–Crippen MR) is 69.5 cm³/mol. The second kappa shape index (κ2) is 4.85. The number of imidazole rings is 1. The van der Waals surface area contributed by atoms with E-state index in [0.29, 0.717) is 31.6 Å². The van der Waals surface area contributed by atoms with Crippen LogP contribution < -0.4 is 0 Å². The van der Waals surface area contributed by atoms with Crippen LogP contribution in [-0.2, 0) is 10.3 Å². The minimum absolute atomic E-state index is 0.323. The number of carbonyl (C=O) groups is 1. The van der Waals surface area contributed by atoms with Gasteiger partial charge in [0, 0.05) is 19.3 Å². The van der Waals surface area contributed by atoms with Crippen LogP contribution in [-0.4, -0.2) is 44.8 Å².